The van der Waals surface area contributed by atoms with Gasteiger partial charge >= 0.3 is 0 Å². The van der Waals surface area contributed by atoms with Crippen LogP contribution in [0.1, 0.15) is 11.1 Å². The Morgan fingerprint density at radius 2 is 1.90 bits per heavy atom. The van der Waals surface area contributed by atoms with Gasteiger partial charge in [-0.15, -0.1) is 0 Å². The maximum Gasteiger partial charge on any atom is 0.231 e. The van der Waals surface area contributed by atoms with Crippen LogP contribution in [0.15, 0.2) is 40.9 Å². The summed E-state index contributed by atoms with van der Waals surface area (Å²) in [6.45, 7) is 1.02. The van der Waals surface area contributed by atoms with E-state index < -0.39 is 0 Å². The maximum atomic E-state index is 9.01. The molecule has 104 valence electrons. The molecule has 0 saturated carbocycles. The number of ether oxygens (including phenoxy) is 2. The van der Waals surface area contributed by atoms with Crippen LogP contribution in [0, 0.1) is 0 Å². The number of fused-ring (bicyclic) bond motifs is 1. The van der Waals surface area contributed by atoms with Crippen LogP contribution in [-0.2, 0) is 13.2 Å². The second-order valence-corrected chi connectivity index (χ2v) is 5.37. The van der Waals surface area contributed by atoms with Crippen molar-refractivity contribution >= 4 is 21.6 Å². The molecule has 20 heavy (non-hydrogen) atoms. The number of benzene rings is 2. The Bertz CT molecular complexity index is 613. The molecule has 0 saturated heterocycles. The van der Waals surface area contributed by atoms with Gasteiger partial charge in [0.05, 0.1) is 11.1 Å². The van der Waals surface area contributed by atoms with E-state index >= 15 is 0 Å². The Hall–Kier alpha value is -1.72. The van der Waals surface area contributed by atoms with Crippen molar-refractivity contribution in [3.63, 3.8) is 0 Å². The molecule has 0 bridgehead atoms. The summed E-state index contributed by atoms with van der Waals surface area (Å²) in [4.78, 5) is 0. The first-order valence-corrected chi connectivity index (χ1v) is 7.07. The minimum absolute atomic E-state index is 0.0649. The lowest BCUT2D eigenvalue weighted by molar-refractivity contribution is 0.173. The minimum Gasteiger partial charge on any atom is -0.454 e. The van der Waals surface area contributed by atoms with Crippen LogP contribution in [0.2, 0.25) is 0 Å². The minimum atomic E-state index is 0.0649. The van der Waals surface area contributed by atoms with Crippen molar-refractivity contribution in [1.29, 1.82) is 0 Å². The summed E-state index contributed by atoms with van der Waals surface area (Å²) >= 11 is 3.48. The molecule has 5 heteroatoms. The zero-order chi connectivity index (χ0) is 13.9. The zero-order valence-electron chi connectivity index (χ0n) is 10.7. The average molecular weight is 336 g/mol. The predicted molar refractivity (Wildman–Crippen MR) is 80.0 cm³/mol. The summed E-state index contributed by atoms with van der Waals surface area (Å²) in [6.07, 6.45) is 0. The van der Waals surface area contributed by atoms with Crippen LogP contribution in [0.5, 0.6) is 11.5 Å². The summed E-state index contributed by atoms with van der Waals surface area (Å²) in [5.74, 6) is 1.54. The zero-order valence-corrected chi connectivity index (χ0v) is 12.3. The number of nitrogens with one attached hydrogen (secondary N) is 1. The average Bonchev–Trinajstić information content (AvgIpc) is 2.94. The highest BCUT2D eigenvalue weighted by Gasteiger charge is 2.17. The molecule has 1 heterocycles. The Morgan fingerprint density at radius 1 is 1.10 bits per heavy atom. The normalized spacial score (nSPS) is 12.5. The van der Waals surface area contributed by atoms with Gasteiger partial charge in [-0.2, -0.15) is 0 Å². The van der Waals surface area contributed by atoms with Gasteiger partial charge in [0, 0.05) is 12.2 Å². The van der Waals surface area contributed by atoms with Crippen molar-refractivity contribution < 1.29 is 14.6 Å². The molecular weight excluding hydrogens is 322 g/mol. The van der Waals surface area contributed by atoms with E-state index in [0.29, 0.717) is 6.54 Å². The highest BCUT2D eigenvalue weighted by Crippen LogP contribution is 2.40. The molecule has 2 aromatic rings. The lowest BCUT2D eigenvalue weighted by Crippen LogP contribution is -1.99. The lowest BCUT2D eigenvalue weighted by atomic mass is 10.2. The van der Waals surface area contributed by atoms with E-state index in [4.69, 9.17) is 14.6 Å². The molecule has 0 aromatic heterocycles. The number of anilines is 1. The molecule has 2 N–H and O–H groups in total. The fourth-order valence-electron chi connectivity index (χ4n) is 2.05. The summed E-state index contributed by atoms with van der Waals surface area (Å²) < 4.78 is 11.7. The molecule has 0 fully saturated rings. The smallest absolute Gasteiger partial charge is 0.231 e. The third kappa shape index (κ3) is 2.73. The number of aliphatic hydroxyl groups excluding tert-OH is 1. The van der Waals surface area contributed by atoms with Crippen LogP contribution in [0.25, 0.3) is 0 Å². The number of aliphatic hydroxyl groups is 1. The van der Waals surface area contributed by atoms with Crippen LogP contribution in [-0.4, -0.2) is 11.9 Å². The van der Waals surface area contributed by atoms with Gasteiger partial charge < -0.3 is 19.9 Å². The van der Waals surface area contributed by atoms with Gasteiger partial charge in [0.25, 0.3) is 0 Å². The van der Waals surface area contributed by atoms with Gasteiger partial charge in [-0.25, -0.2) is 0 Å². The van der Waals surface area contributed by atoms with Crippen molar-refractivity contribution in [2.75, 3.05) is 12.1 Å². The Labute approximate surface area is 125 Å². The first kappa shape index (κ1) is 13.3. The van der Waals surface area contributed by atoms with Crippen molar-refractivity contribution in [2.24, 2.45) is 0 Å². The van der Waals surface area contributed by atoms with Crippen LogP contribution >= 0.6 is 15.9 Å². The SMILES string of the molecule is OCc1ccc(NCc2cc(Br)c3c(c2)OCO3)cc1. The molecular formula is C15H14BrNO3. The van der Waals surface area contributed by atoms with E-state index in [1.807, 2.05) is 36.4 Å². The van der Waals surface area contributed by atoms with Crippen molar-refractivity contribution in [2.45, 2.75) is 13.2 Å². The molecule has 0 radical (unpaired) electrons. The largest absolute Gasteiger partial charge is 0.454 e. The second-order valence-electron chi connectivity index (χ2n) is 4.52. The maximum absolute atomic E-state index is 9.01. The second kappa shape index (κ2) is 5.73. The number of hydrogen-bond acceptors (Lipinski definition) is 4. The topological polar surface area (TPSA) is 50.7 Å². The first-order chi connectivity index (χ1) is 9.76. The van der Waals surface area contributed by atoms with E-state index in [1.165, 1.54) is 0 Å². The first-order valence-electron chi connectivity index (χ1n) is 6.28. The van der Waals surface area contributed by atoms with E-state index in [0.717, 1.165) is 32.8 Å². The number of rotatable bonds is 4. The Morgan fingerprint density at radius 3 is 2.65 bits per heavy atom. The molecule has 0 unspecified atom stereocenters. The highest BCUT2D eigenvalue weighted by molar-refractivity contribution is 9.10. The fraction of sp³-hybridized carbons (Fsp3) is 0.200. The van der Waals surface area contributed by atoms with Gasteiger partial charge in [0.1, 0.15) is 0 Å². The fourth-order valence-corrected chi connectivity index (χ4v) is 2.66. The number of hydrogen-bond donors (Lipinski definition) is 2. The molecule has 0 aliphatic carbocycles. The van der Waals surface area contributed by atoms with Gasteiger partial charge in [0.15, 0.2) is 11.5 Å². The van der Waals surface area contributed by atoms with E-state index in [2.05, 4.69) is 21.2 Å². The monoisotopic (exact) mass is 335 g/mol. The van der Waals surface area contributed by atoms with Gasteiger partial charge in [0.2, 0.25) is 6.79 Å². The molecule has 0 spiro atoms. The molecule has 0 atom stereocenters. The van der Waals surface area contributed by atoms with Crippen LogP contribution in [0.3, 0.4) is 0 Å². The van der Waals surface area contributed by atoms with E-state index in [-0.39, 0.29) is 13.4 Å². The third-order valence-corrected chi connectivity index (χ3v) is 3.71. The van der Waals surface area contributed by atoms with E-state index in [9.17, 15) is 0 Å². The van der Waals surface area contributed by atoms with Gasteiger partial charge in [-0.1, -0.05) is 12.1 Å². The van der Waals surface area contributed by atoms with Crippen molar-refractivity contribution in [3.05, 3.63) is 52.0 Å². The number of halogens is 1. The molecule has 3 rings (SSSR count). The van der Waals surface area contributed by atoms with Gasteiger partial charge in [-0.3, -0.25) is 0 Å². The molecule has 0 amide bonds. The quantitative estimate of drug-likeness (QED) is 0.900. The summed E-state index contributed by atoms with van der Waals surface area (Å²) in [6, 6.07) is 11.7. The molecule has 1 aliphatic rings. The van der Waals surface area contributed by atoms with Crippen LogP contribution in [0.4, 0.5) is 5.69 Å². The van der Waals surface area contributed by atoms with Gasteiger partial charge in [-0.05, 0) is 51.3 Å². The predicted octanol–water partition coefficient (Wildman–Crippen LogP) is 3.28. The summed E-state index contributed by atoms with van der Waals surface area (Å²) in [5.41, 5.74) is 3.02. The summed E-state index contributed by atoms with van der Waals surface area (Å²) in [5, 5.41) is 12.3. The molecule has 4 nitrogen and oxygen atoms in total. The Kier molecular flexibility index (Phi) is 3.80. The Balaban J connectivity index is 1.70. The third-order valence-electron chi connectivity index (χ3n) is 3.12. The molecule has 1 aliphatic heterocycles. The lowest BCUT2D eigenvalue weighted by Gasteiger charge is -2.09. The highest BCUT2D eigenvalue weighted by atomic mass is 79.9. The van der Waals surface area contributed by atoms with Crippen LogP contribution < -0.4 is 14.8 Å². The summed E-state index contributed by atoms with van der Waals surface area (Å²) in [7, 11) is 0. The molecule has 2 aromatic carbocycles. The van der Waals surface area contributed by atoms with E-state index in [1.54, 1.807) is 0 Å². The van der Waals surface area contributed by atoms with Crippen molar-refractivity contribution in [1.82, 2.24) is 0 Å². The standard InChI is InChI=1S/C15H14BrNO3/c16-13-5-11(6-14-15(13)20-9-19-14)7-17-12-3-1-10(8-18)2-4-12/h1-6,17-18H,7-9H2. The van der Waals surface area contributed by atoms with Crippen molar-refractivity contribution in [3.8, 4) is 11.5 Å².